The van der Waals surface area contributed by atoms with Crippen LogP contribution >= 0.6 is 0 Å². The van der Waals surface area contributed by atoms with Crippen molar-refractivity contribution in [3.63, 3.8) is 0 Å². The molecule has 1 saturated heterocycles. The summed E-state index contributed by atoms with van der Waals surface area (Å²) >= 11 is 0. The van der Waals surface area contributed by atoms with Crippen molar-refractivity contribution in [2.45, 2.75) is 239 Å². The summed E-state index contributed by atoms with van der Waals surface area (Å²) in [6.45, 7) is 13.1. The summed E-state index contributed by atoms with van der Waals surface area (Å²) in [4.78, 5) is 13.8. The zero-order valence-corrected chi connectivity index (χ0v) is 33.5. The molecule has 1 rings (SSSR count). The number of carbonyl (C=O) groups excluding carboxylic acids is 1. The number of carbonyl (C=O) groups is 1. The highest BCUT2D eigenvalue weighted by molar-refractivity contribution is 5.69. The van der Waals surface area contributed by atoms with Crippen LogP contribution in [0.3, 0.4) is 0 Å². The first-order chi connectivity index (χ1) is 22.7. The van der Waals surface area contributed by atoms with E-state index in [4.69, 9.17) is 4.74 Å². The van der Waals surface area contributed by atoms with E-state index < -0.39 is 0 Å². The lowest BCUT2D eigenvalue weighted by molar-refractivity contribution is -0.680. The van der Waals surface area contributed by atoms with Gasteiger partial charge in [-0.05, 0) is 19.8 Å². The van der Waals surface area contributed by atoms with Crippen molar-refractivity contribution in [3.8, 4) is 0 Å². The Labute approximate surface area is 302 Å². The molecule has 0 radical (unpaired) electrons. The van der Waals surface area contributed by atoms with E-state index in [1.165, 1.54) is 212 Å². The second-order valence-electron chi connectivity index (χ2n) is 14.5. The van der Waals surface area contributed by atoms with Crippen LogP contribution in [-0.4, -0.2) is 43.3 Å². The third-order valence-electron chi connectivity index (χ3n) is 10.1. The van der Waals surface area contributed by atoms with Gasteiger partial charge in [-0.1, -0.05) is 201 Å². The number of rotatable bonds is 34. The Balaban J connectivity index is 0. The van der Waals surface area contributed by atoms with E-state index in [1.54, 1.807) is 0 Å². The predicted molar refractivity (Wildman–Crippen MR) is 204 cm³/mol. The summed E-state index contributed by atoms with van der Waals surface area (Å²) < 4.78 is 4.92. The topological polar surface area (TPSA) is 46.1 Å². The van der Waals surface area contributed by atoms with E-state index >= 15 is 0 Å². The highest BCUT2D eigenvalue weighted by Gasteiger charge is 2.25. The molecule has 0 bridgehead atoms. The van der Waals surface area contributed by atoms with Crippen LogP contribution < -0.4 is 17.7 Å². The monoisotopic (exact) mass is 687 g/mol. The summed E-state index contributed by atoms with van der Waals surface area (Å²) in [5, 5.41) is 2.55. The lowest BCUT2D eigenvalue weighted by Crippen LogP contribution is -3.00. The van der Waals surface area contributed by atoms with Crippen molar-refractivity contribution < 1.29 is 27.3 Å². The molecule has 1 atom stereocenters. The highest BCUT2D eigenvalue weighted by atomic mass is 35.5. The number of esters is 1. The van der Waals surface area contributed by atoms with Gasteiger partial charge in [0.25, 0.3) is 0 Å². The third kappa shape index (κ3) is 36.8. The molecular formula is C42H87ClN2O2. The number of likely N-dealkylation sites (N-methyl/N-ethyl adjacent to an activating group) is 1. The number of hydrogen-bond acceptors (Lipinski definition) is 3. The molecule has 5 heteroatoms. The summed E-state index contributed by atoms with van der Waals surface area (Å²) in [6.07, 6.45) is 45.1. The Hall–Kier alpha value is -0.320. The van der Waals surface area contributed by atoms with Gasteiger partial charge in [-0.15, -0.1) is 0 Å². The van der Waals surface area contributed by atoms with Crippen molar-refractivity contribution in [2.24, 2.45) is 0 Å². The number of hydrogen-bond donors (Lipinski definition) is 1. The molecule has 4 nitrogen and oxygen atoms in total. The number of ether oxygens (including phenoxy) is 1. The summed E-state index contributed by atoms with van der Waals surface area (Å²) in [7, 11) is 0. The first kappa shape index (κ1) is 48.8. The van der Waals surface area contributed by atoms with Crippen molar-refractivity contribution in [1.29, 1.82) is 0 Å². The number of unbranched alkanes of at least 4 members (excludes halogenated alkanes) is 28. The maximum atomic E-state index is 11.2. The van der Waals surface area contributed by atoms with Crippen LogP contribution in [0.4, 0.5) is 0 Å². The van der Waals surface area contributed by atoms with Crippen LogP contribution in [0.5, 0.6) is 0 Å². The van der Waals surface area contributed by atoms with Gasteiger partial charge in [-0.2, -0.15) is 0 Å². The number of nitrogens with two attached hydrogens (primary N) is 1. The van der Waals surface area contributed by atoms with Crippen molar-refractivity contribution >= 4 is 5.97 Å². The van der Waals surface area contributed by atoms with Crippen LogP contribution in [0.1, 0.15) is 233 Å². The van der Waals surface area contributed by atoms with Crippen molar-refractivity contribution in [3.05, 3.63) is 0 Å². The Morgan fingerprint density at radius 2 is 0.872 bits per heavy atom. The average molecular weight is 688 g/mol. The molecule has 1 unspecified atom stereocenters. The van der Waals surface area contributed by atoms with E-state index in [-0.39, 0.29) is 18.4 Å². The molecule has 0 aromatic heterocycles. The SMILES string of the molecule is CCCCCCCCCCCCCCCCCC(=O)OCC.CCCCCCCCCCCCCCCCCC1[NH2+]CCN1CC.[Cl-]. The quantitative estimate of drug-likeness (QED) is 0.0542. The van der Waals surface area contributed by atoms with Crippen LogP contribution in [-0.2, 0) is 9.53 Å². The van der Waals surface area contributed by atoms with Gasteiger partial charge in [0.1, 0.15) is 6.17 Å². The average Bonchev–Trinajstić information content (AvgIpc) is 3.52. The minimum atomic E-state index is -0.0304. The van der Waals surface area contributed by atoms with Gasteiger partial charge in [0.15, 0.2) is 0 Å². The van der Waals surface area contributed by atoms with Crippen LogP contribution in [0.2, 0.25) is 0 Å². The third-order valence-corrected chi connectivity index (χ3v) is 10.1. The van der Waals surface area contributed by atoms with E-state index in [2.05, 4.69) is 31.0 Å². The molecule has 1 aliphatic heterocycles. The zero-order valence-electron chi connectivity index (χ0n) is 32.8. The molecular weight excluding hydrogens is 600 g/mol. The van der Waals surface area contributed by atoms with Gasteiger partial charge in [-0.3, -0.25) is 4.79 Å². The molecule has 0 aromatic carbocycles. The molecule has 1 aliphatic rings. The van der Waals surface area contributed by atoms with Crippen LogP contribution in [0, 0.1) is 0 Å². The van der Waals surface area contributed by atoms with Crippen molar-refractivity contribution in [2.75, 3.05) is 26.2 Å². The standard InChI is InChI=1S/C22H46N2.C20H40O2.ClH/c1-3-5-6-7-8-9-10-11-12-13-14-15-16-17-18-19-22-23-20-21-24(22)4-2;1-3-5-6-7-8-9-10-11-12-13-14-15-16-17-18-19-20(21)22-4-2;/h22-23H,3-21H2,1-2H3;3-19H2,1-2H3;1H. The molecule has 0 aliphatic carbocycles. The summed E-state index contributed by atoms with van der Waals surface area (Å²) in [5.41, 5.74) is 0. The largest absolute Gasteiger partial charge is 1.00 e. The molecule has 1 fully saturated rings. The molecule has 2 N–H and O–H groups in total. The number of nitrogens with zero attached hydrogens (tertiary/aromatic N) is 1. The van der Waals surface area contributed by atoms with Gasteiger partial charge in [0, 0.05) is 19.4 Å². The normalized spacial score (nSPS) is 14.5. The fourth-order valence-electron chi connectivity index (χ4n) is 7.04. The highest BCUT2D eigenvalue weighted by Crippen LogP contribution is 2.16. The number of halogens is 1. The lowest BCUT2D eigenvalue weighted by Gasteiger charge is -2.18. The molecule has 0 saturated carbocycles. The maximum Gasteiger partial charge on any atom is 0.305 e. The van der Waals surface area contributed by atoms with E-state index in [0.717, 1.165) is 12.6 Å². The Morgan fingerprint density at radius 1 is 0.532 bits per heavy atom. The molecule has 0 aromatic rings. The first-order valence-electron chi connectivity index (χ1n) is 21.4. The fraction of sp³-hybridized carbons (Fsp3) is 0.976. The van der Waals surface area contributed by atoms with Gasteiger partial charge in [0.05, 0.1) is 19.7 Å². The maximum absolute atomic E-state index is 11.2. The van der Waals surface area contributed by atoms with E-state index in [9.17, 15) is 4.79 Å². The van der Waals surface area contributed by atoms with Crippen LogP contribution in [0.25, 0.3) is 0 Å². The Morgan fingerprint density at radius 3 is 1.21 bits per heavy atom. The zero-order chi connectivity index (χ0) is 33.6. The Bertz CT molecular complexity index is 591. The summed E-state index contributed by atoms with van der Waals surface area (Å²) in [6, 6.07) is 0. The summed E-state index contributed by atoms with van der Waals surface area (Å²) in [5.74, 6) is -0.0304. The minimum Gasteiger partial charge on any atom is -1.00 e. The smallest absolute Gasteiger partial charge is 0.305 e. The van der Waals surface area contributed by atoms with Gasteiger partial charge in [-0.25, -0.2) is 4.90 Å². The van der Waals surface area contributed by atoms with Crippen LogP contribution in [0.15, 0.2) is 0 Å². The minimum absolute atomic E-state index is 0. The molecule has 0 spiro atoms. The first-order valence-corrected chi connectivity index (χ1v) is 21.4. The van der Waals surface area contributed by atoms with Gasteiger partial charge >= 0.3 is 5.97 Å². The molecule has 1 heterocycles. The molecule has 284 valence electrons. The second kappa shape index (κ2) is 41.8. The fourth-order valence-corrected chi connectivity index (χ4v) is 7.04. The van der Waals surface area contributed by atoms with Crippen molar-refractivity contribution in [1.82, 2.24) is 4.90 Å². The lowest BCUT2D eigenvalue weighted by atomic mass is 10.0. The number of quaternary nitrogens is 1. The van der Waals surface area contributed by atoms with Gasteiger partial charge < -0.3 is 22.5 Å². The van der Waals surface area contributed by atoms with E-state index in [0.29, 0.717) is 13.0 Å². The molecule has 0 amide bonds. The predicted octanol–water partition coefficient (Wildman–Crippen LogP) is 9.29. The van der Waals surface area contributed by atoms with E-state index in [1.807, 2.05) is 6.92 Å². The molecule has 47 heavy (non-hydrogen) atoms. The second-order valence-corrected chi connectivity index (χ2v) is 14.5. The Kier molecular flexibility index (Phi) is 43.4. The van der Waals surface area contributed by atoms with Gasteiger partial charge in [0.2, 0.25) is 0 Å².